The molecule has 5 heteroatoms. The minimum Gasteiger partial charge on any atom is -0.422 e. The largest absolute Gasteiger partial charge is 0.505 e. The summed E-state index contributed by atoms with van der Waals surface area (Å²) in [5, 5.41) is 21.0. The zero-order chi connectivity index (χ0) is 16.7. The summed E-state index contributed by atoms with van der Waals surface area (Å²) in [5.41, 5.74) is 3.28. The molecule has 3 nitrogen and oxygen atoms in total. The Kier molecular flexibility index (Phi) is 4.90. The van der Waals surface area contributed by atoms with Crippen LogP contribution < -0.4 is 5.59 Å². The van der Waals surface area contributed by atoms with Crippen molar-refractivity contribution in [2.24, 2.45) is 0 Å². The van der Waals surface area contributed by atoms with Gasteiger partial charge in [-0.1, -0.05) is 59.7 Å². The van der Waals surface area contributed by atoms with Gasteiger partial charge in [0.1, 0.15) is 0 Å². The van der Waals surface area contributed by atoms with Crippen LogP contribution in [0.2, 0.25) is 16.6 Å². The fourth-order valence-electron chi connectivity index (χ4n) is 4.57. The SMILES string of the molecule is CC(C)[Si](C(C)C)(C(C)C)n1c(B(O)O)cc2ccccc21. The Labute approximate surface area is 135 Å². The highest BCUT2D eigenvalue weighted by Crippen LogP contribution is 2.43. The molecule has 1 aromatic heterocycles. The Hall–Kier alpha value is -1.04. The number of aromatic nitrogens is 1. The molecular weight excluding hydrogens is 289 g/mol. The number of hydrogen-bond donors (Lipinski definition) is 2. The van der Waals surface area contributed by atoms with Crippen molar-refractivity contribution in [1.82, 2.24) is 4.23 Å². The summed E-state index contributed by atoms with van der Waals surface area (Å²) in [6, 6.07) is 10.1. The third kappa shape index (κ3) is 2.45. The molecular formula is C17H28BNO2Si. The number of rotatable bonds is 5. The van der Waals surface area contributed by atoms with Gasteiger partial charge in [0.15, 0.2) is 8.24 Å². The van der Waals surface area contributed by atoms with Crippen molar-refractivity contribution in [3.8, 4) is 0 Å². The number of fused-ring (bicyclic) bond motifs is 1. The molecule has 0 saturated carbocycles. The predicted molar refractivity (Wildman–Crippen MR) is 98.2 cm³/mol. The first-order valence-electron chi connectivity index (χ1n) is 8.21. The zero-order valence-corrected chi connectivity index (χ0v) is 15.5. The number of nitrogens with zero attached hydrogens (tertiary/aromatic N) is 1. The van der Waals surface area contributed by atoms with Crippen LogP contribution >= 0.6 is 0 Å². The number of benzene rings is 1. The third-order valence-electron chi connectivity index (χ3n) is 5.17. The molecule has 2 aromatic rings. The Morgan fingerprint density at radius 2 is 1.41 bits per heavy atom. The minimum atomic E-state index is -2.03. The van der Waals surface area contributed by atoms with Gasteiger partial charge in [-0.05, 0) is 34.1 Å². The second-order valence-corrected chi connectivity index (χ2v) is 12.9. The van der Waals surface area contributed by atoms with Crippen LogP contribution in [0.15, 0.2) is 30.3 Å². The smallest absolute Gasteiger partial charge is 0.422 e. The fraction of sp³-hybridized carbons (Fsp3) is 0.529. The van der Waals surface area contributed by atoms with Crippen LogP contribution in [0.3, 0.4) is 0 Å². The van der Waals surface area contributed by atoms with Crippen LogP contribution in [-0.4, -0.2) is 29.6 Å². The van der Waals surface area contributed by atoms with Crippen LogP contribution in [0.4, 0.5) is 0 Å². The van der Waals surface area contributed by atoms with Crippen molar-refractivity contribution in [2.75, 3.05) is 0 Å². The lowest BCUT2D eigenvalue weighted by molar-refractivity contribution is 0.423. The number of hydrogen-bond acceptors (Lipinski definition) is 2. The second-order valence-electron chi connectivity index (χ2n) is 7.19. The summed E-state index contributed by atoms with van der Waals surface area (Å²) in [4.78, 5) is 0. The van der Waals surface area contributed by atoms with Gasteiger partial charge < -0.3 is 14.3 Å². The lowest BCUT2D eigenvalue weighted by Gasteiger charge is -2.45. The van der Waals surface area contributed by atoms with E-state index in [0.29, 0.717) is 22.2 Å². The maximum absolute atomic E-state index is 9.97. The molecule has 2 rings (SSSR count). The summed E-state index contributed by atoms with van der Waals surface area (Å²) >= 11 is 0. The van der Waals surface area contributed by atoms with Crippen molar-refractivity contribution in [1.29, 1.82) is 0 Å². The van der Waals surface area contributed by atoms with Crippen molar-refractivity contribution >= 4 is 31.9 Å². The van der Waals surface area contributed by atoms with Crippen LogP contribution in [0.1, 0.15) is 41.5 Å². The molecule has 1 heterocycles. The maximum atomic E-state index is 9.97. The second kappa shape index (κ2) is 6.22. The van der Waals surface area contributed by atoms with Crippen molar-refractivity contribution < 1.29 is 10.0 Å². The van der Waals surface area contributed by atoms with E-state index in [1.807, 2.05) is 18.2 Å². The minimum absolute atomic E-state index is 0.501. The molecule has 0 fully saturated rings. The highest BCUT2D eigenvalue weighted by atomic mass is 28.3. The van der Waals surface area contributed by atoms with E-state index in [1.54, 1.807) is 0 Å². The molecule has 0 aliphatic carbocycles. The Bertz CT molecular complexity index is 627. The van der Waals surface area contributed by atoms with E-state index in [1.165, 1.54) is 0 Å². The zero-order valence-electron chi connectivity index (χ0n) is 14.5. The summed E-state index contributed by atoms with van der Waals surface area (Å²) in [7, 11) is -3.46. The Morgan fingerprint density at radius 3 is 1.86 bits per heavy atom. The van der Waals surface area contributed by atoms with Crippen LogP contribution in [-0.2, 0) is 0 Å². The lowest BCUT2D eigenvalue weighted by atomic mass is 9.86. The highest BCUT2D eigenvalue weighted by molar-refractivity contribution is 6.84. The van der Waals surface area contributed by atoms with Crippen molar-refractivity contribution in [3.05, 3.63) is 30.3 Å². The molecule has 2 N–H and O–H groups in total. The molecule has 0 radical (unpaired) electrons. The van der Waals surface area contributed by atoms with Crippen LogP contribution in [0.5, 0.6) is 0 Å². The number of para-hydroxylation sites is 1. The van der Waals surface area contributed by atoms with E-state index in [0.717, 1.165) is 10.9 Å². The van der Waals surface area contributed by atoms with E-state index in [4.69, 9.17) is 0 Å². The van der Waals surface area contributed by atoms with Gasteiger partial charge in [-0.2, -0.15) is 0 Å². The predicted octanol–water partition coefficient (Wildman–Crippen LogP) is 3.34. The highest BCUT2D eigenvalue weighted by Gasteiger charge is 2.47. The normalized spacial score (nSPS) is 12.9. The first kappa shape index (κ1) is 17.3. The molecule has 0 spiro atoms. The molecule has 0 atom stereocenters. The first-order valence-corrected chi connectivity index (χ1v) is 10.4. The summed E-state index contributed by atoms with van der Waals surface area (Å²) < 4.78 is 2.33. The molecule has 0 saturated heterocycles. The van der Waals surface area contributed by atoms with Crippen LogP contribution in [0, 0.1) is 0 Å². The topological polar surface area (TPSA) is 45.4 Å². The summed E-state index contributed by atoms with van der Waals surface area (Å²) in [6.07, 6.45) is 0. The van der Waals surface area contributed by atoms with Crippen molar-refractivity contribution in [2.45, 2.75) is 58.2 Å². The van der Waals surface area contributed by atoms with E-state index in [-0.39, 0.29) is 0 Å². The van der Waals surface area contributed by atoms with Gasteiger partial charge in [-0.3, -0.25) is 0 Å². The van der Waals surface area contributed by atoms with Gasteiger partial charge in [-0.25, -0.2) is 0 Å². The average molecular weight is 317 g/mol. The summed E-state index contributed by atoms with van der Waals surface area (Å²) in [6.45, 7) is 13.7. The fourth-order valence-corrected chi connectivity index (χ4v) is 11.4. The third-order valence-corrected chi connectivity index (χ3v) is 12.0. The molecule has 1 aromatic carbocycles. The molecule has 0 amide bonds. The Balaban J connectivity index is 2.92. The van der Waals surface area contributed by atoms with E-state index < -0.39 is 15.4 Å². The standard InChI is InChI=1S/C17H28BNO2Si/c1-12(2)22(13(3)4,14(5)6)19-16-10-8-7-9-15(16)11-17(19)18(20)21/h7-14,20-21H,1-6H3. The lowest BCUT2D eigenvalue weighted by Crippen LogP contribution is -2.58. The van der Waals surface area contributed by atoms with Gasteiger partial charge in [0.05, 0.1) is 0 Å². The average Bonchev–Trinajstić information content (AvgIpc) is 2.78. The molecule has 0 aliphatic heterocycles. The van der Waals surface area contributed by atoms with Gasteiger partial charge in [0.2, 0.25) is 0 Å². The molecule has 0 aliphatic rings. The first-order chi connectivity index (χ1) is 10.2. The Morgan fingerprint density at radius 1 is 0.909 bits per heavy atom. The van der Waals surface area contributed by atoms with Gasteiger partial charge in [-0.15, -0.1) is 0 Å². The molecule has 22 heavy (non-hydrogen) atoms. The monoisotopic (exact) mass is 317 g/mol. The van der Waals surface area contributed by atoms with Crippen LogP contribution in [0.25, 0.3) is 10.9 Å². The van der Waals surface area contributed by atoms with E-state index in [9.17, 15) is 10.0 Å². The van der Waals surface area contributed by atoms with E-state index >= 15 is 0 Å². The molecule has 120 valence electrons. The quantitative estimate of drug-likeness (QED) is 0.831. The van der Waals surface area contributed by atoms with E-state index in [2.05, 4.69) is 57.9 Å². The molecule has 0 bridgehead atoms. The van der Waals surface area contributed by atoms with Gasteiger partial charge in [0.25, 0.3) is 0 Å². The van der Waals surface area contributed by atoms with Crippen molar-refractivity contribution in [3.63, 3.8) is 0 Å². The summed E-state index contributed by atoms with van der Waals surface area (Å²) in [5.74, 6) is 0. The van der Waals surface area contributed by atoms with Gasteiger partial charge >= 0.3 is 7.12 Å². The maximum Gasteiger partial charge on any atom is 0.505 e. The molecule has 0 unspecified atom stereocenters. The van der Waals surface area contributed by atoms with Gasteiger partial charge in [0, 0.05) is 11.1 Å².